The van der Waals surface area contributed by atoms with Crippen molar-refractivity contribution in [1.82, 2.24) is 0 Å². The van der Waals surface area contributed by atoms with Gasteiger partial charge in [0.1, 0.15) is 5.75 Å². The number of hydrogen-bond acceptors (Lipinski definition) is 4. The second kappa shape index (κ2) is 7.04. The van der Waals surface area contributed by atoms with Crippen molar-refractivity contribution in [3.63, 3.8) is 0 Å². The Labute approximate surface area is 113 Å². The summed E-state index contributed by atoms with van der Waals surface area (Å²) in [5.41, 5.74) is 0.0364. The molecule has 0 amide bonds. The number of carbonyl (C=O) groups is 2. The fourth-order valence-corrected chi connectivity index (χ4v) is 1.70. The van der Waals surface area contributed by atoms with Crippen LogP contribution >= 0.6 is 11.6 Å². The van der Waals surface area contributed by atoms with Crippen molar-refractivity contribution in [1.29, 1.82) is 0 Å². The summed E-state index contributed by atoms with van der Waals surface area (Å²) in [5, 5.41) is 0.0605. The minimum atomic E-state index is -3.08. The Morgan fingerprint density at radius 3 is 2.68 bits per heavy atom. The minimum Gasteiger partial charge on any atom is -0.466 e. The molecule has 0 atom stereocenters. The number of carbonyl (C=O) groups excluding carboxylic acids is 2. The molecule has 7 heteroatoms. The molecule has 0 N–H and O–H groups in total. The van der Waals surface area contributed by atoms with E-state index in [1.54, 1.807) is 6.92 Å². The van der Waals surface area contributed by atoms with Crippen molar-refractivity contribution in [3.8, 4) is 5.75 Å². The number of halogens is 3. The van der Waals surface area contributed by atoms with Gasteiger partial charge >= 0.3 is 12.6 Å². The molecule has 0 radical (unpaired) electrons. The van der Waals surface area contributed by atoms with E-state index in [1.807, 2.05) is 0 Å². The van der Waals surface area contributed by atoms with Gasteiger partial charge in [-0.15, -0.1) is 0 Å². The standard InChI is InChI=1S/C12H11ClF2O4/c1-2-18-11(17)5-9-7(6-16)3-8(13)4-10(9)19-12(14)15/h3-4,6,12H,2,5H2,1H3. The highest BCUT2D eigenvalue weighted by Crippen LogP contribution is 2.29. The van der Waals surface area contributed by atoms with Gasteiger partial charge in [0.2, 0.25) is 0 Å². The van der Waals surface area contributed by atoms with E-state index in [4.69, 9.17) is 16.3 Å². The average Bonchev–Trinajstić information content (AvgIpc) is 2.31. The Kier molecular flexibility index (Phi) is 5.69. The molecule has 1 rings (SSSR count). The van der Waals surface area contributed by atoms with Crippen molar-refractivity contribution in [3.05, 3.63) is 28.3 Å². The van der Waals surface area contributed by atoms with Crippen LogP contribution in [0.4, 0.5) is 8.78 Å². The summed E-state index contributed by atoms with van der Waals surface area (Å²) in [6, 6.07) is 2.39. The largest absolute Gasteiger partial charge is 0.466 e. The number of esters is 1. The molecule has 0 spiro atoms. The molecule has 0 aliphatic rings. The lowest BCUT2D eigenvalue weighted by atomic mass is 10.0. The summed E-state index contributed by atoms with van der Waals surface area (Å²) in [6.07, 6.45) is 0.0693. The number of rotatable bonds is 6. The highest BCUT2D eigenvalue weighted by Gasteiger charge is 2.18. The van der Waals surface area contributed by atoms with Crippen molar-refractivity contribution >= 4 is 23.9 Å². The first-order valence-corrected chi connectivity index (χ1v) is 5.73. The topological polar surface area (TPSA) is 52.6 Å². The van der Waals surface area contributed by atoms with Crippen LogP contribution in [-0.2, 0) is 16.0 Å². The van der Waals surface area contributed by atoms with Crippen LogP contribution in [0, 0.1) is 0 Å². The van der Waals surface area contributed by atoms with E-state index < -0.39 is 12.6 Å². The summed E-state index contributed by atoms with van der Waals surface area (Å²) >= 11 is 5.68. The molecule has 0 aliphatic heterocycles. The zero-order valence-electron chi connectivity index (χ0n) is 9.99. The lowest BCUT2D eigenvalue weighted by Gasteiger charge is -2.13. The van der Waals surface area contributed by atoms with E-state index in [-0.39, 0.29) is 34.9 Å². The molecule has 19 heavy (non-hydrogen) atoms. The third-order valence-corrected chi connectivity index (χ3v) is 2.40. The first kappa shape index (κ1) is 15.4. The highest BCUT2D eigenvalue weighted by atomic mass is 35.5. The van der Waals surface area contributed by atoms with Crippen molar-refractivity contribution < 1.29 is 27.8 Å². The molecule has 0 aromatic heterocycles. The maximum Gasteiger partial charge on any atom is 0.387 e. The summed E-state index contributed by atoms with van der Waals surface area (Å²) in [6.45, 7) is -1.33. The maximum atomic E-state index is 12.3. The first-order chi connectivity index (χ1) is 8.97. The van der Waals surface area contributed by atoms with Crippen LogP contribution in [0.2, 0.25) is 5.02 Å². The Morgan fingerprint density at radius 2 is 2.16 bits per heavy atom. The lowest BCUT2D eigenvalue weighted by Crippen LogP contribution is -2.12. The second-order valence-electron chi connectivity index (χ2n) is 3.45. The SMILES string of the molecule is CCOC(=O)Cc1c(C=O)cc(Cl)cc1OC(F)F. The summed E-state index contributed by atoms with van der Waals surface area (Å²) in [5.74, 6) is -0.954. The monoisotopic (exact) mass is 292 g/mol. The Balaban J connectivity index is 3.15. The number of hydrogen-bond donors (Lipinski definition) is 0. The summed E-state index contributed by atoms with van der Waals surface area (Å²) in [4.78, 5) is 22.3. The number of alkyl halides is 2. The molecule has 0 unspecified atom stereocenters. The van der Waals surface area contributed by atoms with Crippen molar-refractivity contribution in [2.75, 3.05) is 6.61 Å². The molecular formula is C12H11ClF2O4. The summed E-state index contributed by atoms with van der Waals surface area (Å²) < 4.78 is 33.5. The van der Waals surface area contributed by atoms with Gasteiger partial charge in [0, 0.05) is 16.1 Å². The van der Waals surface area contributed by atoms with Gasteiger partial charge in [-0.1, -0.05) is 11.6 Å². The van der Waals surface area contributed by atoms with Crippen molar-refractivity contribution in [2.45, 2.75) is 20.0 Å². The molecule has 1 aromatic carbocycles. The molecule has 1 aromatic rings. The predicted molar refractivity (Wildman–Crippen MR) is 63.8 cm³/mol. The molecule has 4 nitrogen and oxygen atoms in total. The fourth-order valence-electron chi connectivity index (χ4n) is 1.48. The van der Waals surface area contributed by atoms with Gasteiger partial charge in [-0.05, 0) is 19.1 Å². The molecule has 104 valence electrons. The van der Waals surface area contributed by atoms with E-state index in [0.717, 1.165) is 6.07 Å². The van der Waals surface area contributed by atoms with Crippen LogP contribution in [-0.4, -0.2) is 25.5 Å². The van der Waals surface area contributed by atoms with Crippen LogP contribution in [0.5, 0.6) is 5.75 Å². The molecule has 0 saturated carbocycles. The second-order valence-corrected chi connectivity index (χ2v) is 3.89. The van der Waals surface area contributed by atoms with Gasteiger partial charge in [-0.2, -0.15) is 8.78 Å². The van der Waals surface area contributed by atoms with E-state index in [1.165, 1.54) is 6.07 Å². The number of aldehydes is 1. The predicted octanol–water partition coefficient (Wildman–Crippen LogP) is 2.86. The van der Waals surface area contributed by atoms with Gasteiger partial charge in [-0.25, -0.2) is 0 Å². The fraction of sp³-hybridized carbons (Fsp3) is 0.333. The van der Waals surface area contributed by atoms with Crippen LogP contribution in [0.25, 0.3) is 0 Å². The third-order valence-electron chi connectivity index (χ3n) is 2.18. The first-order valence-electron chi connectivity index (χ1n) is 5.36. The van der Waals surface area contributed by atoms with Crippen LogP contribution in [0.3, 0.4) is 0 Å². The number of ether oxygens (including phenoxy) is 2. The quantitative estimate of drug-likeness (QED) is 0.597. The number of benzene rings is 1. The molecule has 0 fully saturated rings. The molecular weight excluding hydrogens is 282 g/mol. The smallest absolute Gasteiger partial charge is 0.387 e. The van der Waals surface area contributed by atoms with Crippen LogP contribution < -0.4 is 4.74 Å². The Morgan fingerprint density at radius 1 is 1.47 bits per heavy atom. The summed E-state index contributed by atoms with van der Waals surface area (Å²) in [7, 11) is 0. The van der Waals surface area contributed by atoms with Gasteiger partial charge in [0.05, 0.1) is 13.0 Å². The van der Waals surface area contributed by atoms with Gasteiger partial charge in [0.25, 0.3) is 0 Å². The van der Waals surface area contributed by atoms with E-state index in [0.29, 0.717) is 6.29 Å². The molecule has 0 heterocycles. The molecule has 0 bridgehead atoms. The van der Waals surface area contributed by atoms with E-state index >= 15 is 0 Å². The zero-order valence-corrected chi connectivity index (χ0v) is 10.7. The Bertz CT molecular complexity index is 477. The van der Waals surface area contributed by atoms with Gasteiger partial charge in [0.15, 0.2) is 6.29 Å². The molecule has 0 aliphatic carbocycles. The maximum absolute atomic E-state index is 12.3. The highest BCUT2D eigenvalue weighted by molar-refractivity contribution is 6.31. The van der Waals surface area contributed by atoms with Gasteiger partial charge in [-0.3, -0.25) is 9.59 Å². The van der Waals surface area contributed by atoms with Gasteiger partial charge < -0.3 is 9.47 Å². The van der Waals surface area contributed by atoms with Crippen molar-refractivity contribution in [2.24, 2.45) is 0 Å². The van der Waals surface area contributed by atoms with E-state index in [9.17, 15) is 18.4 Å². The minimum absolute atomic E-state index is 0.0104. The van der Waals surface area contributed by atoms with Crippen LogP contribution in [0.1, 0.15) is 22.8 Å². The average molecular weight is 293 g/mol. The van der Waals surface area contributed by atoms with E-state index in [2.05, 4.69) is 4.74 Å². The Hall–Kier alpha value is -1.69. The van der Waals surface area contributed by atoms with Crippen LogP contribution in [0.15, 0.2) is 12.1 Å². The normalized spacial score (nSPS) is 10.4. The third kappa shape index (κ3) is 4.48. The lowest BCUT2D eigenvalue weighted by molar-refractivity contribution is -0.142. The zero-order chi connectivity index (χ0) is 14.4. The molecule has 0 saturated heterocycles.